The van der Waals surface area contributed by atoms with E-state index in [1.165, 1.54) is 19.2 Å². The van der Waals surface area contributed by atoms with E-state index >= 15 is 0 Å². The molecule has 0 aromatic heterocycles. The van der Waals surface area contributed by atoms with Crippen molar-refractivity contribution >= 4 is 33.5 Å². The molecule has 0 aliphatic heterocycles. The van der Waals surface area contributed by atoms with Gasteiger partial charge in [-0.1, -0.05) is 22.0 Å². The van der Waals surface area contributed by atoms with Gasteiger partial charge in [-0.15, -0.1) is 11.6 Å². The van der Waals surface area contributed by atoms with E-state index < -0.39 is 11.3 Å². The third-order valence-corrected chi connectivity index (χ3v) is 3.18. The van der Waals surface area contributed by atoms with Crippen LogP contribution in [0.1, 0.15) is 5.56 Å². The maximum Gasteiger partial charge on any atom is 0.325 e. The van der Waals surface area contributed by atoms with Crippen LogP contribution in [0, 0.1) is 5.82 Å². The highest BCUT2D eigenvalue weighted by Gasteiger charge is 2.14. The van der Waals surface area contributed by atoms with Gasteiger partial charge in [-0.25, -0.2) is 4.39 Å². The summed E-state index contributed by atoms with van der Waals surface area (Å²) < 4.78 is 18.0. The Labute approximate surface area is 112 Å². The average Bonchev–Trinajstić information content (AvgIpc) is 2.30. The fourth-order valence-corrected chi connectivity index (χ4v) is 1.90. The van der Waals surface area contributed by atoms with Gasteiger partial charge in [0.15, 0.2) is 0 Å². The monoisotopic (exact) mass is 323 g/mol. The first kappa shape index (κ1) is 14.4. The summed E-state index contributed by atoms with van der Waals surface area (Å²) in [5.41, 5.74) is 0.889. The third-order valence-electron chi connectivity index (χ3n) is 2.11. The highest BCUT2D eigenvalue weighted by Crippen LogP contribution is 2.17. The predicted molar refractivity (Wildman–Crippen MR) is 67.5 cm³/mol. The molecule has 0 radical (unpaired) electrons. The lowest BCUT2D eigenvalue weighted by Crippen LogP contribution is -2.29. The van der Waals surface area contributed by atoms with Gasteiger partial charge in [0.1, 0.15) is 11.2 Å². The Morgan fingerprint density at radius 2 is 2.35 bits per heavy atom. The Balaban J connectivity index is 2.43. The molecule has 1 rings (SSSR count). The zero-order chi connectivity index (χ0) is 12.8. The second-order valence-electron chi connectivity index (χ2n) is 3.36. The fourth-order valence-electron chi connectivity index (χ4n) is 1.21. The number of ether oxygens (including phenoxy) is 1. The van der Waals surface area contributed by atoms with Crippen LogP contribution in [-0.4, -0.2) is 25.0 Å². The fraction of sp³-hybridized carbons (Fsp3) is 0.364. The molecule has 1 atom stereocenters. The normalized spacial score (nSPS) is 12.2. The van der Waals surface area contributed by atoms with Gasteiger partial charge >= 0.3 is 5.97 Å². The number of alkyl halides is 1. The number of carbonyl (C=O) groups is 1. The van der Waals surface area contributed by atoms with Gasteiger partial charge in [0.25, 0.3) is 0 Å². The van der Waals surface area contributed by atoms with Crippen molar-refractivity contribution in [3.05, 3.63) is 34.1 Å². The molecule has 0 saturated carbocycles. The van der Waals surface area contributed by atoms with Crippen molar-refractivity contribution < 1.29 is 13.9 Å². The number of halogens is 3. The number of nitrogens with one attached hydrogen (secondary N) is 1. The van der Waals surface area contributed by atoms with Gasteiger partial charge in [0.05, 0.1) is 7.11 Å². The van der Waals surface area contributed by atoms with E-state index in [0.29, 0.717) is 11.0 Å². The highest BCUT2D eigenvalue weighted by atomic mass is 79.9. The first-order valence-electron chi connectivity index (χ1n) is 4.91. The van der Waals surface area contributed by atoms with Gasteiger partial charge in [-0.05, 0) is 17.7 Å². The minimum Gasteiger partial charge on any atom is -0.468 e. The summed E-state index contributed by atoms with van der Waals surface area (Å²) in [4.78, 5) is 11.0. The number of hydrogen-bond donors (Lipinski definition) is 1. The van der Waals surface area contributed by atoms with Gasteiger partial charge in [-0.3, -0.25) is 4.79 Å². The number of hydrogen-bond acceptors (Lipinski definition) is 3. The maximum atomic E-state index is 12.8. The zero-order valence-corrected chi connectivity index (χ0v) is 11.5. The molecular weight excluding hydrogens is 312 g/mol. The van der Waals surface area contributed by atoms with E-state index in [-0.39, 0.29) is 12.4 Å². The molecule has 94 valence electrons. The second-order valence-corrected chi connectivity index (χ2v) is 4.74. The van der Waals surface area contributed by atoms with E-state index in [0.717, 1.165) is 5.56 Å². The number of esters is 1. The van der Waals surface area contributed by atoms with Crippen molar-refractivity contribution in [2.45, 2.75) is 11.9 Å². The zero-order valence-electron chi connectivity index (χ0n) is 9.17. The molecule has 1 aromatic carbocycles. The minimum atomic E-state index is -0.723. The lowest BCUT2D eigenvalue weighted by atomic mass is 10.2. The lowest BCUT2D eigenvalue weighted by Gasteiger charge is -2.10. The first-order valence-corrected chi connectivity index (χ1v) is 6.14. The summed E-state index contributed by atoms with van der Waals surface area (Å²) in [5, 5.41) is 2.27. The molecule has 0 spiro atoms. The van der Waals surface area contributed by atoms with Crippen LogP contribution in [0.4, 0.5) is 4.39 Å². The summed E-state index contributed by atoms with van der Waals surface area (Å²) in [7, 11) is 1.29. The molecule has 0 bridgehead atoms. The highest BCUT2D eigenvalue weighted by molar-refractivity contribution is 9.10. The smallest absolute Gasteiger partial charge is 0.325 e. The average molecular weight is 325 g/mol. The van der Waals surface area contributed by atoms with Crippen molar-refractivity contribution in [3.8, 4) is 0 Å². The maximum absolute atomic E-state index is 12.8. The SMILES string of the molecule is COC(=O)C(Cl)CNCc1ccc(F)cc1Br. The number of carbonyl (C=O) groups excluding carboxylic acids is 1. The Morgan fingerprint density at radius 1 is 1.65 bits per heavy atom. The lowest BCUT2D eigenvalue weighted by molar-refractivity contribution is -0.140. The molecule has 1 unspecified atom stereocenters. The summed E-state index contributed by atoms with van der Waals surface area (Å²) >= 11 is 9.01. The third kappa shape index (κ3) is 4.61. The molecule has 1 N–H and O–H groups in total. The van der Waals surface area contributed by atoms with E-state index in [4.69, 9.17) is 11.6 Å². The van der Waals surface area contributed by atoms with Crippen LogP contribution in [0.5, 0.6) is 0 Å². The first-order chi connectivity index (χ1) is 8.04. The van der Waals surface area contributed by atoms with Crippen LogP contribution in [-0.2, 0) is 16.1 Å². The Kier molecular flexibility index (Phi) is 5.88. The van der Waals surface area contributed by atoms with Crippen LogP contribution in [0.15, 0.2) is 22.7 Å². The molecule has 17 heavy (non-hydrogen) atoms. The van der Waals surface area contributed by atoms with Crippen molar-refractivity contribution in [2.75, 3.05) is 13.7 Å². The van der Waals surface area contributed by atoms with Crippen molar-refractivity contribution in [1.29, 1.82) is 0 Å². The van der Waals surface area contributed by atoms with Crippen LogP contribution in [0.3, 0.4) is 0 Å². The molecule has 0 aliphatic rings. The molecule has 0 saturated heterocycles. The largest absolute Gasteiger partial charge is 0.468 e. The van der Waals surface area contributed by atoms with E-state index in [1.807, 2.05) is 0 Å². The van der Waals surface area contributed by atoms with Crippen LogP contribution in [0.25, 0.3) is 0 Å². The molecule has 0 aliphatic carbocycles. The molecule has 3 nitrogen and oxygen atoms in total. The van der Waals surface area contributed by atoms with Gasteiger partial charge in [0.2, 0.25) is 0 Å². The predicted octanol–water partition coefficient (Wildman–Crippen LogP) is 2.46. The Hall–Kier alpha value is -0.650. The van der Waals surface area contributed by atoms with Crippen LogP contribution >= 0.6 is 27.5 Å². The summed E-state index contributed by atoms with van der Waals surface area (Å²) in [5.74, 6) is -0.775. The van der Waals surface area contributed by atoms with E-state index in [9.17, 15) is 9.18 Å². The quantitative estimate of drug-likeness (QED) is 0.668. The summed E-state index contributed by atoms with van der Waals surface area (Å²) in [6.45, 7) is 0.777. The Bertz CT molecular complexity index is 403. The molecule has 1 aromatic rings. The van der Waals surface area contributed by atoms with Crippen LogP contribution < -0.4 is 5.32 Å². The molecule has 0 heterocycles. The summed E-state index contributed by atoms with van der Waals surface area (Å²) in [6, 6.07) is 4.42. The number of methoxy groups -OCH3 is 1. The minimum absolute atomic E-state index is 0.290. The standard InChI is InChI=1S/C11H12BrClFNO2/c1-17-11(16)10(13)6-15-5-7-2-3-8(14)4-9(7)12/h2-4,10,15H,5-6H2,1H3. The van der Waals surface area contributed by atoms with E-state index in [1.54, 1.807) is 6.07 Å². The van der Waals surface area contributed by atoms with Crippen molar-refractivity contribution in [3.63, 3.8) is 0 Å². The number of rotatable bonds is 5. The molecule has 0 fully saturated rings. The van der Waals surface area contributed by atoms with Gasteiger partial charge in [-0.2, -0.15) is 0 Å². The second kappa shape index (κ2) is 6.93. The molecule has 6 heteroatoms. The molecule has 0 amide bonds. The number of benzene rings is 1. The van der Waals surface area contributed by atoms with Crippen molar-refractivity contribution in [2.24, 2.45) is 0 Å². The van der Waals surface area contributed by atoms with Crippen LogP contribution in [0.2, 0.25) is 0 Å². The van der Waals surface area contributed by atoms with Crippen molar-refractivity contribution in [1.82, 2.24) is 5.32 Å². The van der Waals surface area contributed by atoms with Gasteiger partial charge < -0.3 is 10.1 Å². The molecular formula is C11H12BrClFNO2. The topological polar surface area (TPSA) is 38.3 Å². The van der Waals surface area contributed by atoms with E-state index in [2.05, 4.69) is 26.0 Å². The van der Waals surface area contributed by atoms with Gasteiger partial charge in [0, 0.05) is 17.6 Å². The Morgan fingerprint density at radius 3 is 2.94 bits per heavy atom. The summed E-state index contributed by atoms with van der Waals surface area (Å²) in [6.07, 6.45) is 0.